The van der Waals surface area contributed by atoms with Crippen LogP contribution in [-0.4, -0.2) is 30.2 Å². The van der Waals surface area contributed by atoms with Crippen molar-refractivity contribution >= 4 is 32.6 Å². The number of rotatable bonds is 3. The molecular weight excluding hydrogens is 344 g/mol. The summed E-state index contributed by atoms with van der Waals surface area (Å²) in [6.45, 7) is 3.54. The van der Waals surface area contributed by atoms with E-state index < -0.39 is 15.7 Å². The first-order valence-electron chi connectivity index (χ1n) is 7.42. The molecule has 1 unspecified atom stereocenters. The predicted octanol–water partition coefficient (Wildman–Crippen LogP) is 3.00. The average Bonchev–Trinajstić information content (AvgIpc) is 2.82. The van der Waals surface area contributed by atoms with Gasteiger partial charge in [-0.25, -0.2) is 0 Å². The highest BCUT2D eigenvalue weighted by Gasteiger charge is 2.41. The van der Waals surface area contributed by atoms with Crippen LogP contribution < -0.4 is 4.90 Å². The number of para-hydroxylation sites is 1. The van der Waals surface area contributed by atoms with E-state index >= 15 is 0 Å². The number of hydrogen-bond acceptors (Lipinski definition) is 4. The van der Waals surface area contributed by atoms with Crippen LogP contribution in [0.2, 0.25) is 0 Å². The number of sulfonamides is 1. The van der Waals surface area contributed by atoms with Gasteiger partial charge in [0.15, 0.2) is 10.9 Å². The van der Waals surface area contributed by atoms with Gasteiger partial charge in [0.25, 0.3) is 10.0 Å². The molecule has 1 aliphatic rings. The minimum absolute atomic E-state index is 0.140. The van der Waals surface area contributed by atoms with Gasteiger partial charge in [-0.1, -0.05) is 47.7 Å². The second-order valence-electron chi connectivity index (χ2n) is 5.84. The van der Waals surface area contributed by atoms with Crippen molar-refractivity contribution in [2.75, 3.05) is 10.7 Å². The van der Waals surface area contributed by atoms with Crippen molar-refractivity contribution in [3.63, 3.8) is 0 Å². The third-order valence-electron chi connectivity index (χ3n) is 3.68. The highest BCUT2D eigenvalue weighted by molar-refractivity contribution is 8.15. The number of benzene rings is 2. The van der Waals surface area contributed by atoms with Crippen LogP contribution in [0.3, 0.4) is 0 Å². The minimum Gasteiger partial charge on any atom is -0.370 e. The molecule has 0 radical (unpaired) electrons. The van der Waals surface area contributed by atoms with E-state index in [1.807, 2.05) is 37.3 Å². The summed E-state index contributed by atoms with van der Waals surface area (Å²) in [6.07, 6.45) is 0. The van der Waals surface area contributed by atoms with E-state index in [1.165, 1.54) is 11.8 Å². The molecule has 2 aromatic rings. The maximum absolute atomic E-state index is 12.6. The normalized spacial score (nSPS) is 23.0. The largest absolute Gasteiger partial charge is 0.370 e. The molecule has 2 aromatic carbocycles. The second-order valence-corrected chi connectivity index (χ2v) is 8.39. The Hall–Kier alpha value is -1.83. The third kappa shape index (κ3) is 3.33. The van der Waals surface area contributed by atoms with Gasteiger partial charge in [-0.05, 0) is 38.1 Å². The standard InChI is InChI=1S/C17H18N2O3S2/c1-13-8-10-15(11-9-13)24(21,22)18-16-19(17(2,20)12-23-16)14-6-4-3-5-7-14/h3-11,20H,12H2,1-2H3. The van der Waals surface area contributed by atoms with Crippen LogP contribution in [0.15, 0.2) is 63.9 Å². The van der Waals surface area contributed by atoms with Gasteiger partial charge >= 0.3 is 0 Å². The molecule has 1 saturated heterocycles. The lowest BCUT2D eigenvalue weighted by Gasteiger charge is -2.30. The molecule has 1 atom stereocenters. The van der Waals surface area contributed by atoms with E-state index in [0.29, 0.717) is 11.4 Å². The van der Waals surface area contributed by atoms with E-state index in [9.17, 15) is 13.5 Å². The molecule has 1 aliphatic heterocycles. The molecule has 126 valence electrons. The number of aryl methyl sites for hydroxylation is 1. The Morgan fingerprint density at radius 2 is 1.75 bits per heavy atom. The summed E-state index contributed by atoms with van der Waals surface area (Å²) in [6, 6.07) is 15.7. The van der Waals surface area contributed by atoms with Gasteiger partial charge in [-0.3, -0.25) is 4.90 Å². The van der Waals surface area contributed by atoms with Gasteiger partial charge in [0.05, 0.1) is 4.90 Å². The molecule has 0 saturated carbocycles. The summed E-state index contributed by atoms with van der Waals surface area (Å²) >= 11 is 1.22. The van der Waals surface area contributed by atoms with Crippen molar-refractivity contribution in [1.29, 1.82) is 0 Å². The summed E-state index contributed by atoms with van der Waals surface area (Å²) in [4.78, 5) is 1.70. The highest BCUT2D eigenvalue weighted by atomic mass is 32.2. The first kappa shape index (κ1) is 17.0. The highest BCUT2D eigenvalue weighted by Crippen LogP contribution is 2.36. The summed E-state index contributed by atoms with van der Waals surface area (Å²) in [5, 5.41) is 10.9. The molecule has 0 bridgehead atoms. The van der Waals surface area contributed by atoms with E-state index in [-0.39, 0.29) is 10.1 Å². The maximum atomic E-state index is 12.6. The predicted molar refractivity (Wildman–Crippen MR) is 97.8 cm³/mol. The Balaban J connectivity index is 2.03. The van der Waals surface area contributed by atoms with E-state index in [1.54, 1.807) is 36.1 Å². The molecule has 0 amide bonds. The van der Waals surface area contributed by atoms with Gasteiger partial charge in [0.1, 0.15) is 0 Å². The summed E-state index contributed by atoms with van der Waals surface area (Å²) < 4.78 is 29.1. The molecule has 0 aliphatic carbocycles. The zero-order chi connectivity index (χ0) is 17.4. The fourth-order valence-corrected chi connectivity index (χ4v) is 4.78. The van der Waals surface area contributed by atoms with Gasteiger partial charge in [-0.2, -0.15) is 8.42 Å². The average molecular weight is 362 g/mol. The van der Waals surface area contributed by atoms with Crippen molar-refractivity contribution in [1.82, 2.24) is 0 Å². The van der Waals surface area contributed by atoms with Crippen molar-refractivity contribution in [3.8, 4) is 0 Å². The van der Waals surface area contributed by atoms with Gasteiger partial charge in [0, 0.05) is 11.4 Å². The van der Waals surface area contributed by atoms with Crippen LogP contribution in [0.25, 0.3) is 0 Å². The van der Waals surface area contributed by atoms with E-state index in [2.05, 4.69) is 4.40 Å². The van der Waals surface area contributed by atoms with E-state index in [0.717, 1.165) is 5.56 Å². The quantitative estimate of drug-likeness (QED) is 0.909. The Morgan fingerprint density at radius 3 is 2.38 bits per heavy atom. The van der Waals surface area contributed by atoms with Crippen LogP contribution in [0.5, 0.6) is 0 Å². The number of hydrogen-bond donors (Lipinski definition) is 1. The van der Waals surface area contributed by atoms with Crippen molar-refractivity contribution < 1.29 is 13.5 Å². The smallest absolute Gasteiger partial charge is 0.284 e. The fraction of sp³-hybridized carbons (Fsp3) is 0.235. The van der Waals surface area contributed by atoms with Gasteiger partial charge in [0.2, 0.25) is 0 Å². The number of aliphatic hydroxyl groups is 1. The topological polar surface area (TPSA) is 70.0 Å². The Labute approximate surface area is 146 Å². The van der Waals surface area contributed by atoms with Crippen LogP contribution in [0.1, 0.15) is 12.5 Å². The SMILES string of the molecule is Cc1ccc(S(=O)(=O)N=C2SCC(C)(O)N2c2ccccc2)cc1. The van der Waals surface area contributed by atoms with E-state index in [4.69, 9.17) is 0 Å². The van der Waals surface area contributed by atoms with Gasteiger partial charge < -0.3 is 5.11 Å². The summed E-state index contributed by atoms with van der Waals surface area (Å²) in [7, 11) is -3.84. The molecule has 0 spiro atoms. The lowest BCUT2D eigenvalue weighted by atomic mass is 10.2. The van der Waals surface area contributed by atoms with Crippen molar-refractivity contribution in [2.24, 2.45) is 4.40 Å². The number of thioether (sulfide) groups is 1. The van der Waals surface area contributed by atoms with Crippen LogP contribution in [-0.2, 0) is 10.0 Å². The summed E-state index contributed by atoms with van der Waals surface area (Å²) in [5.74, 6) is 0.337. The molecule has 3 rings (SSSR count). The van der Waals surface area contributed by atoms with Crippen molar-refractivity contribution in [2.45, 2.75) is 24.5 Å². The maximum Gasteiger partial charge on any atom is 0.284 e. The zero-order valence-corrected chi connectivity index (χ0v) is 15.0. The molecule has 24 heavy (non-hydrogen) atoms. The van der Waals surface area contributed by atoms with Crippen LogP contribution >= 0.6 is 11.8 Å². The van der Waals surface area contributed by atoms with Crippen LogP contribution in [0, 0.1) is 6.92 Å². The molecule has 0 aromatic heterocycles. The first-order chi connectivity index (χ1) is 11.3. The molecule has 1 heterocycles. The zero-order valence-electron chi connectivity index (χ0n) is 13.4. The second kappa shape index (κ2) is 6.23. The Morgan fingerprint density at radius 1 is 1.12 bits per heavy atom. The molecular formula is C17H18N2O3S2. The van der Waals surface area contributed by atoms with Crippen molar-refractivity contribution in [3.05, 3.63) is 60.2 Å². The monoisotopic (exact) mass is 362 g/mol. The Bertz CT molecular complexity index is 860. The third-order valence-corrected chi connectivity index (χ3v) is 6.30. The Kier molecular flexibility index (Phi) is 4.42. The van der Waals surface area contributed by atoms with Gasteiger partial charge in [-0.15, -0.1) is 4.40 Å². The molecule has 1 fully saturated rings. The number of nitrogens with zero attached hydrogens (tertiary/aromatic N) is 2. The lowest BCUT2D eigenvalue weighted by Crippen LogP contribution is -2.45. The molecule has 7 heteroatoms. The summed E-state index contributed by atoms with van der Waals surface area (Å²) in [5.41, 5.74) is 0.476. The first-order valence-corrected chi connectivity index (χ1v) is 9.84. The fourth-order valence-electron chi connectivity index (χ4n) is 2.43. The number of amidine groups is 1. The molecule has 1 N–H and O–H groups in total. The lowest BCUT2D eigenvalue weighted by molar-refractivity contribution is 0.0997. The number of anilines is 1. The minimum atomic E-state index is -3.84. The van der Waals surface area contributed by atoms with Crippen LogP contribution in [0.4, 0.5) is 5.69 Å². The molecule has 5 nitrogen and oxygen atoms in total.